The van der Waals surface area contributed by atoms with Gasteiger partial charge in [-0.05, 0) is 17.1 Å². The van der Waals surface area contributed by atoms with Gasteiger partial charge in [-0.1, -0.05) is 65.2 Å². The number of benzene rings is 2. The van der Waals surface area contributed by atoms with Crippen LogP contribution in [0.4, 0.5) is 0 Å². The smallest absolute Gasteiger partial charge is 0.206 e. The second-order valence-electron chi connectivity index (χ2n) is 4.83. The zero-order chi connectivity index (χ0) is 15.2. The maximum Gasteiger partial charge on any atom is 0.206 e. The fraction of sp³-hybridized carbons (Fsp3) is 0.118. The van der Waals surface area contributed by atoms with E-state index in [-0.39, 0.29) is 5.78 Å². The Morgan fingerprint density at radius 1 is 0.955 bits per heavy atom. The number of nitrogens with zero attached hydrogens (tertiary/aromatic N) is 2. The SMILES string of the molecule is O=C(c1ccccc1)c1snnc1CNCc1ccccc1. The molecular weight excluding hydrogens is 294 g/mol. The molecule has 2 aromatic carbocycles. The van der Waals surface area contributed by atoms with E-state index in [4.69, 9.17) is 0 Å². The van der Waals surface area contributed by atoms with Gasteiger partial charge in [0.15, 0.2) is 0 Å². The number of nitrogens with one attached hydrogen (secondary N) is 1. The van der Waals surface area contributed by atoms with Crippen LogP contribution in [0.2, 0.25) is 0 Å². The Balaban J connectivity index is 1.66. The standard InChI is InChI=1S/C17H15N3OS/c21-16(14-9-5-2-6-10-14)17-15(19-20-22-17)12-18-11-13-7-3-1-4-8-13/h1-10,18H,11-12H2. The lowest BCUT2D eigenvalue weighted by Gasteiger charge is -2.04. The third-order valence-corrected chi connectivity index (χ3v) is 4.03. The van der Waals surface area contributed by atoms with Crippen molar-refractivity contribution in [3.63, 3.8) is 0 Å². The fourth-order valence-electron chi connectivity index (χ4n) is 2.14. The average molecular weight is 309 g/mol. The molecule has 0 aliphatic carbocycles. The minimum Gasteiger partial charge on any atom is -0.307 e. The molecule has 0 aliphatic rings. The van der Waals surface area contributed by atoms with Crippen molar-refractivity contribution in [2.75, 3.05) is 0 Å². The summed E-state index contributed by atoms with van der Waals surface area (Å²) in [6.07, 6.45) is 0. The highest BCUT2D eigenvalue weighted by Gasteiger charge is 2.17. The molecule has 22 heavy (non-hydrogen) atoms. The first-order valence-corrected chi connectivity index (χ1v) is 7.77. The number of hydrogen-bond donors (Lipinski definition) is 1. The van der Waals surface area contributed by atoms with Crippen LogP contribution in [0, 0.1) is 0 Å². The highest BCUT2D eigenvalue weighted by molar-refractivity contribution is 7.08. The minimum atomic E-state index is -0.0212. The zero-order valence-electron chi connectivity index (χ0n) is 11.9. The second kappa shape index (κ2) is 7.06. The van der Waals surface area contributed by atoms with Crippen LogP contribution in [0.25, 0.3) is 0 Å². The maximum absolute atomic E-state index is 12.5. The van der Waals surface area contributed by atoms with Crippen LogP contribution in [-0.2, 0) is 13.1 Å². The van der Waals surface area contributed by atoms with Crippen molar-refractivity contribution in [3.05, 3.63) is 82.4 Å². The number of rotatable bonds is 6. The molecule has 3 rings (SSSR count). The van der Waals surface area contributed by atoms with Crippen molar-refractivity contribution in [2.45, 2.75) is 13.1 Å². The van der Waals surface area contributed by atoms with Crippen LogP contribution in [0.1, 0.15) is 26.5 Å². The Labute approximate surface area is 133 Å². The lowest BCUT2D eigenvalue weighted by molar-refractivity contribution is 0.104. The van der Waals surface area contributed by atoms with Crippen LogP contribution < -0.4 is 5.32 Å². The Kier molecular flexibility index (Phi) is 4.68. The summed E-state index contributed by atoms with van der Waals surface area (Å²) in [6, 6.07) is 19.3. The van der Waals surface area contributed by atoms with Gasteiger partial charge in [0, 0.05) is 18.7 Å². The summed E-state index contributed by atoms with van der Waals surface area (Å²) in [6.45, 7) is 1.26. The molecule has 1 aromatic heterocycles. The van der Waals surface area contributed by atoms with Crippen LogP contribution in [0.5, 0.6) is 0 Å². The quantitative estimate of drug-likeness (QED) is 0.711. The molecular formula is C17H15N3OS. The minimum absolute atomic E-state index is 0.0212. The molecule has 0 aliphatic heterocycles. The van der Waals surface area contributed by atoms with Gasteiger partial charge in [0.25, 0.3) is 0 Å². The third kappa shape index (κ3) is 3.44. The van der Waals surface area contributed by atoms with E-state index in [1.807, 2.05) is 48.5 Å². The summed E-state index contributed by atoms with van der Waals surface area (Å²) < 4.78 is 3.93. The van der Waals surface area contributed by atoms with Gasteiger partial charge < -0.3 is 5.32 Å². The van der Waals surface area contributed by atoms with Crippen molar-refractivity contribution in [1.29, 1.82) is 0 Å². The first-order valence-electron chi connectivity index (χ1n) is 7.00. The van der Waals surface area contributed by atoms with Crippen LogP contribution in [-0.4, -0.2) is 15.4 Å². The Hall–Kier alpha value is -2.37. The number of carbonyl (C=O) groups is 1. The Morgan fingerprint density at radius 2 is 1.64 bits per heavy atom. The van der Waals surface area contributed by atoms with Crippen molar-refractivity contribution in [3.8, 4) is 0 Å². The molecule has 0 atom stereocenters. The summed E-state index contributed by atoms with van der Waals surface area (Å²) in [5.41, 5.74) is 2.56. The molecule has 0 fully saturated rings. The van der Waals surface area contributed by atoms with Crippen molar-refractivity contribution in [2.24, 2.45) is 0 Å². The molecule has 0 saturated heterocycles. The van der Waals surface area contributed by atoms with Crippen LogP contribution in [0.3, 0.4) is 0 Å². The molecule has 110 valence electrons. The fourth-order valence-corrected chi connectivity index (χ4v) is 2.78. The molecule has 1 heterocycles. The van der Waals surface area contributed by atoms with Crippen molar-refractivity contribution in [1.82, 2.24) is 14.9 Å². The highest BCUT2D eigenvalue weighted by atomic mass is 32.1. The maximum atomic E-state index is 12.5. The van der Waals surface area contributed by atoms with E-state index in [9.17, 15) is 4.79 Å². The average Bonchev–Trinajstić information content (AvgIpc) is 3.04. The lowest BCUT2D eigenvalue weighted by Crippen LogP contribution is -2.15. The normalized spacial score (nSPS) is 10.5. The monoisotopic (exact) mass is 309 g/mol. The van der Waals surface area contributed by atoms with Crippen LogP contribution >= 0.6 is 11.5 Å². The van der Waals surface area contributed by atoms with E-state index in [0.717, 1.165) is 18.1 Å². The summed E-state index contributed by atoms with van der Waals surface area (Å²) >= 11 is 1.15. The number of aromatic nitrogens is 2. The van der Waals surface area contributed by atoms with Gasteiger partial charge in [-0.3, -0.25) is 4.79 Å². The van der Waals surface area contributed by atoms with E-state index in [1.165, 1.54) is 5.56 Å². The predicted octanol–water partition coefficient (Wildman–Crippen LogP) is 3.06. The highest BCUT2D eigenvalue weighted by Crippen LogP contribution is 2.16. The molecule has 0 unspecified atom stereocenters. The molecule has 0 amide bonds. The van der Waals surface area contributed by atoms with Gasteiger partial charge in [-0.2, -0.15) is 0 Å². The zero-order valence-corrected chi connectivity index (χ0v) is 12.7. The Morgan fingerprint density at radius 3 is 2.36 bits per heavy atom. The molecule has 0 radical (unpaired) electrons. The van der Waals surface area contributed by atoms with Gasteiger partial charge in [0.05, 0.1) is 0 Å². The van der Waals surface area contributed by atoms with E-state index >= 15 is 0 Å². The Bertz CT molecular complexity index is 741. The van der Waals surface area contributed by atoms with E-state index in [1.54, 1.807) is 0 Å². The van der Waals surface area contributed by atoms with Crippen molar-refractivity contribution < 1.29 is 4.79 Å². The van der Waals surface area contributed by atoms with Gasteiger partial charge in [-0.25, -0.2) is 0 Å². The van der Waals surface area contributed by atoms with E-state index in [0.29, 0.717) is 22.7 Å². The van der Waals surface area contributed by atoms with Gasteiger partial charge >= 0.3 is 0 Å². The topological polar surface area (TPSA) is 54.9 Å². The molecule has 0 bridgehead atoms. The lowest BCUT2D eigenvalue weighted by atomic mass is 10.1. The molecule has 0 spiro atoms. The third-order valence-electron chi connectivity index (χ3n) is 3.26. The molecule has 4 nitrogen and oxygen atoms in total. The van der Waals surface area contributed by atoms with Gasteiger partial charge in [0.1, 0.15) is 10.6 Å². The molecule has 5 heteroatoms. The number of hydrogen-bond acceptors (Lipinski definition) is 5. The summed E-state index contributed by atoms with van der Waals surface area (Å²) in [7, 11) is 0. The summed E-state index contributed by atoms with van der Waals surface area (Å²) in [4.78, 5) is 13.1. The van der Waals surface area contributed by atoms with Crippen LogP contribution in [0.15, 0.2) is 60.7 Å². The van der Waals surface area contributed by atoms with Crippen molar-refractivity contribution >= 4 is 17.3 Å². The summed E-state index contributed by atoms with van der Waals surface area (Å²) in [5.74, 6) is -0.0212. The number of ketones is 1. The predicted molar refractivity (Wildman–Crippen MR) is 86.8 cm³/mol. The largest absolute Gasteiger partial charge is 0.307 e. The van der Waals surface area contributed by atoms with E-state index < -0.39 is 0 Å². The summed E-state index contributed by atoms with van der Waals surface area (Å²) in [5, 5.41) is 7.38. The first-order chi connectivity index (χ1) is 10.8. The molecule has 1 N–H and O–H groups in total. The second-order valence-corrected chi connectivity index (χ2v) is 5.59. The van der Waals surface area contributed by atoms with Gasteiger partial charge in [0.2, 0.25) is 5.78 Å². The number of carbonyl (C=O) groups excluding carboxylic acids is 1. The molecule has 3 aromatic rings. The first kappa shape index (κ1) is 14.6. The molecule has 0 saturated carbocycles. The van der Waals surface area contributed by atoms with E-state index in [2.05, 4.69) is 27.0 Å². The van der Waals surface area contributed by atoms with Gasteiger partial charge in [-0.15, -0.1) is 5.10 Å².